The van der Waals surface area contributed by atoms with Crippen molar-refractivity contribution < 1.29 is 5.11 Å². The highest BCUT2D eigenvalue weighted by molar-refractivity contribution is 5.09. The van der Waals surface area contributed by atoms with Crippen molar-refractivity contribution in [2.45, 2.75) is 59.5 Å². The van der Waals surface area contributed by atoms with Crippen molar-refractivity contribution in [3.05, 3.63) is 11.6 Å². The van der Waals surface area contributed by atoms with Crippen molar-refractivity contribution in [2.75, 3.05) is 0 Å². The molecule has 1 aliphatic carbocycles. The largest absolute Gasteiger partial charge is 0.393 e. The summed E-state index contributed by atoms with van der Waals surface area (Å²) in [6.45, 7) is 8.79. The summed E-state index contributed by atoms with van der Waals surface area (Å²) in [5, 5.41) is 9.32. The van der Waals surface area contributed by atoms with E-state index >= 15 is 0 Å². The summed E-state index contributed by atoms with van der Waals surface area (Å²) in [5.74, 6) is 0.662. The van der Waals surface area contributed by atoms with Gasteiger partial charge in [-0.1, -0.05) is 25.5 Å². The van der Waals surface area contributed by atoms with E-state index in [2.05, 4.69) is 26.8 Å². The van der Waals surface area contributed by atoms with Crippen LogP contribution in [0.2, 0.25) is 0 Å². The van der Waals surface area contributed by atoms with Crippen LogP contribution in [0.4, 0.5) is 0 Å². The molecule has 14 heavy (non-hydrogen) atoms. The van der Waals surface area contributed by atoms with Crippen LogP contribution >= 0.6 is 0 Å². The first kappa shape index (κ1) is 11.8. The summed E-state index contributed by atoms with van der Waals surface area (Å²) in [7, 11) is 0. The Labute approximate surface area is 88.2 Å². The van der Waals surface area contributed by atoms with Crippen LogP contribution in [0, 0.1) is 11.3 Å². The van der Waals surface area contributed by atoms with Crippen molar-refractivity contribution in [1.29, 1.82) is 0 Å². The van der Waals surface area contributed by atoms with Gasteiger partial charge in [-0.25, -0.2) is 0 Å². The zero-order valence-corrected chi connectivity index (χ0v) is 10.0. The van der Waals surface area contributed by atoms with Crippen LogP contribution in [0.15, 0.2) is 11.6 Å². The molecule has 0 fully saturated rings. The molecule has 0 heterocycles. The minimum absolute atomic E-state index is 0.147. The van der Waals surface area contributed by atoms with Gasteiger partial charge in [-0.05, 0) is 50.9 Å². The predicted octanol–water partition coefficient (Wildman–Crippen LogP) is 3.53. The molecule has 0 radical (unpaired) electrons. The minimum atomic E-state index is -0.147. The standard InChI is InChI=1S/C13H24O/c1-10-5-7-13(4,11(2)9-10)8-6-12(3)14/h9,11-12,14H,5-8H2,1-4H3. The number of allylic oxidation sites excluding steroid dienone is 2. The van der Waals surface area contributed by atoms with E-state index in [9.17, 15) is 5.11 Å². The van der Waals surface area contributed by atoms with Crippen molar-refractivity contribution in [2.24, 2.45) is 11.3 Å². The van der Waals surface area contributed by atoms with E-state index in [1.807, 2.05) is 6.92 Å². The van der Waals surface area contributed by atoms with Crippen LogP contribution in [0.3, 0.4) is 0 Å². The molecule has 82 valence electrons. The van der Waals surface area contributed by atoms with E-state index in [0.717, 1.165) is 12.8 Å². The highest BCUT2D eigenvalue weighted by atomic mass is 16.3. The molecule has 1 nitrogen and oxygen atoms in total. The fourth-order valence-corrected chi connectivity index (χ4v) is 2.31. The van der Waals surface area contributed by atoms with E-state index < -0.39 is 0 Å². The Morgan fingerprint density at radius 1 is 1.64 bits per heavy atom. The molecule has 0 saturated carbocycles. The summed E-state index contributed by atoms with van der Waals surface area (Å²) < 4.78 is 0. The van der Waals surface area contributed by atoms with Crippen molar-refractivity contribution in [1.82, 2.24) is 0 Å². The Balaban J connectivity index is 2.57. The molecule has 0 aromatic heterocycles. The molecule has 0 bridgehead atoms. The number of aliphatic hydroxyl groups excluding tert-OH is 1. The Morgan fingerprint density at radius 3 is 2.79 bits per heavy atom. The Kier molecular flexibility index (Phi) is 3.77. The number of hydrogen-bond donors (Lipinski definition) is 1. The number of rotatable bonds is 3. The maximum atomic E-state index is 9.32. The molecule has 0 saturated heterocycles. The van der Waals surface area contributed by atoms with Crippen molar-refractivity contribution in [3.63, 3.8) is 0 Å². The molecule has 3 atom stereocenters. The van der Waals surface area contributed by atoms with E-state index in [0.29, 0.717) is 11.3 Å². The molecule has 1 aliphatic rings. The molecule has 1 heteroatoms. The van der Waals surface area contributed by atoms with Crippen LogP contribution in [0.5, 0.6) is 0 Å². The highest BCUT2D eigenvalue weighted by Gasteiger charge is 2.32. The second-order valence-electron chi connectivity index (χ2n) is 5.34. The van der Waals surface area contributed by atoms with E-state index in [-0.39, 0.29) is 6.10 Å². The fraction of sp³-hybridized carbons (Fsp3) is 0.846. The molecule has 0 amide bonds. The van der Waals surface area contributed by atoms with Gasteiger partial charge in [-0.2, -0.15) is 0 Å². The first-order valence-corrected chi connectivity index (χ1v) is 5.79. The third-order valence-corrected chi connectivity index (χ3v) is 3.86. The minimum Gasteiger partial charge on any atom is -0.393 e. The lowest BCUT2D eigenvalue weighted by atomic mass is 9.67. The smallest absolute Gasteiger partial charge is 0.0512 e. The van der Waals surface area contributed by atoms with Gasteiger partial charge in [-0.15, -0.1) is 0 Å². The zero-order valence-electron chi connectivity index (χ0n) is 10.0. The fourth-order valence-electron chi connectivity index (χ4n) is 2.31. The number of hydrogen-bond acceptors (Lipinski definition) is 1. The molecule has 1 rings (SSSR count). The number of aliphatic hydroxyl groups is 1. The second-order valence-corrected chi connectivity index (χ2v) is 5.34. The van der Waals surface area contributed by atoms with Gasteiger partial charge in [0.05, 0.1) is 6.10 Å². The molecule has 0 aromatic carbocycles. The summed E-state index contributed by atoms with van der Waals surface area (Å²) in [6, 6.07) is 0. The maximum Gasteiger partial charge on any atom is 0.0512 e. The molecular formula is C13H24O. The Morgan fingerprint density at radius 2 is 2.29 bits per heavy atom. The summed E-state index contributed by atoms with van der Waals surface area (Å²) in [4.78, 5) is 0. The normalized spacial score (nSPS) is 35.2. The summed E-state index contributed by atoms with van der Waals surface area (Å²) >= 11 is 0. The lowest BCUT2D eigenvalue weighted by Gasteiger charge is -2.38. The van der Waals surface area contributed by atoms with Crippen LogP contribution < -0.4 is 0 Å². The molecular weight excluding hydrogens is 172 g/mol. The van der Waals surface area contributed by atoms with Gasteiger partial charge in [0.1, 0.15) is 0 Å². The van der Waals surface area contributed by atoms with Crippen LogP contribution in [0.1, 0.15) is 53.4 Å². The average Bonchev–Trinajstić information content (AvgIpc) is 2.09. The van der Waals surface area contributed by atoms with Crippen LogP contribution in [-0.2, 0) is 0 Å². The summed E-state index contributed by atoms with van der Waals surface area (Å²) in [6.07, 6.45) is 6.87. The third kappa shape index (κ3) is 2.84. The van der Waals surface area contributed by atoms with Crippen molar-refractivity contribution in [3.8, 4) is 0 Å². The van der Waals surface area contributed by atoms with Crippen LogP contribution in [0.25, 0.3) is 0 Å². The topological polar surface area (TPSA) is 20.2 Å². The monoisotopic (exact) mass is 196 g/mol. The van der Waals surface area contributed by atoms with Gasteiger partial charge < -0.3 is 5.11 Å². The first-order chi connectivity index (χ1) is 6.44. The third-order valence-electron chi connectivity index (χ3n) is 3.86. The van der Waals surface area contributed by atoms with E-state index in [1.165, 1.54) is 18.4 Å². The van der Waals surface area contributed by atoms with Crippen LogP contribution in [-0.4, -0.2) is 11.2 Å². The molecule has 0 spiro atoms. The van der Waals surface area contributed by atoms with Gasteiger partial charge in [-0.3, -0.25) is 0 Å². The van der Waals surface area contributed by atoms with Gasteiger partial charge in [0, 0.05) is 0 Å². The van der Waals surface area contributed by atoms with Gasteiger partial charge in [0.15, 0.2) is 0 Å². The van der Waals surface area contributed by atoms with E-state index in [4.69, 9.17) is 0 Å². The molecule has 0 aliphatic heterocycles. The predicted molar refractivity (Wildman–Crippen MR) is 61.2 cm³/mol. The zero-order chi connectivity index (χ0) is 10.8. The van der Waals surface area contributed by atoms with Crippen molar-refractivity contribution >= 4 is 0 Å². The first-order valence-electron chi connectivity index (χ1n) is 5.79. The van der Waals surface area contributed by atoms with Gasteiger partial charge >= 0.3 is 0 Å². The quantitative estimate of drug-likeness (QED) is 0.685. The molecule has 0 aromatic rings. The lowest BCUT2D eigenvalue weighted by molar-refractivity contribution is 0.125. The Bertz CT molecular complexity index is 217. The Hall–Kier alpha value is -0.300. The van der Waals surface area contributed by atoms with Gasteiger partial charge in [0.25, 0.3) is 0 Å². The van der Waals surface area contributed by atoms with E-state index in [1.54, 1.807) is 0 Å². The summed E-state index contributed by atoms with van der Waals surface area (Å²) in [5.41, 5.74) is 1.95. The maximum absolute atomic E-state index is 9.32. The average molecular weight is 196 g/mol. The molecule has 3 unspecified atom stereocenters. The molecule has 1 N–H and O–H groups in total. The second kappa shape index (κ2) is 4.48. The van der Waals surface area contributed by atoms with Gasteiger partial charge in [0.2, 0.25) is 0 Å². The lowest BCUT2D eigenvalue weighted by Crippen LogP contribution is -2.28. The highest BCUT2D eigenvalue weighted by Crippen LogP contribution is 2.43. The SMILES string of the molecule is CC1=CC(C)C(C)(CCC(C)O)CC1.